The fourth-order valence-electron chi connectivity index (χ4n) is 3.39. The van der Waals surface area contributed by atoms with E-state index < -0.39 is 29.4 Å². The average Bonchev–Trinajstić information content (AvgIpc) is 3.11. The molecule has 0 bridgehead atoms. The molecule has 184 valence electrons. The van der Waals surface area contributed by atoms with Crippen LogP contribution in [0.5, 0.6) is 11.5 Å². The predicted molar refractivity (Wildman–Crippen MR) is 144 cm³/mol. The fourth-order valence-corrected chi connectivity index (χ4v) is 5.01. The second kappa shape index (κ2) is 11.6. The van der Waals surface area contributed by atoms with Crippen LogP contribution in [0.25, 0.3) is 6.08 Å². The maximum absolute atomic E-state index is 13.3. The third-order valence-corrected chi connectivity index (χ3v) is 6.77. The summed E-state index contributed by atoms with van der Waals surface area (Å²) in [6.07, 6.45) is 1.57. The van der Waals surface area contributed by atoms with Gasteiger partial charge in [0.2, 0.25) is 5.91 Å². The molecule has 3 aromatic rings. The lowest BCUT2D eigenvalue weighted by molar-refractivity contribution is -0.127. The summed E-state index contributed by atoms with van der Waals surface area (Å²) in [6, 6.07) is 18.6. The molecule has 1 aliphatic heterocycles. The van der Waals surface area contributed by atoms with Crippen molar-refractivity contribution in [1.29, 1.82) is 0 Å². The Labute approximate surface area is 224 Å². The van der Waals surface area contributed by atoms with Crippen molar-refractivity contribution in [2.45, 2.75) is 6.61 Å². The zero-order valence-corrected chi connectivity index (χ0v) is 22.0. The van der Waals surface area contributed by atoms with E-state index in [1.54, 1.807) is 12.1 Å². The first-order valence-corrected chi connectivity index (χ1v) is 12.6. The number of hydrogen-bond donors (Lipinski definition) is 1. The first-order valence-electron chi connectivity index (χ1n) is 10.7. The van der Waals surface area contributed by atoms with Gasteiger partial charge in [0.05, 0.1) is 15.6 Å². The highest BCUT2D eigenvalue weighted by Gasteiger charge is 2.36. The van der Waals surface area contributed by atoms with E-state index in [0.29, 0.717) is 23.7 Å². The Bertz CT molecular complexity index is 1350. The van der Waals surface area contributed by atoms with Crippen LogP contribution in [0.2, 0.25) is 0 Å². The van der Waals surface area contributed by atoms with Gasteiger partial charge in [0.25, 0.3) is 11.1 Å². The van der Waals surface area contributed by atoms with Gasteiger partial charge >= 0.3 is 0 Å². The van der Waals surface area contributed by atoms with Gasteiger partial charge in [-0.3, -0.25) is 19.3 Å². The Kier molecular flexibility index (Phi) is 8.26. The second-order valence-electron chi connectivity index (χ2n) is 7.63. The third-order valence-electron chi connectivity index (χ3n) is 5.06. The molecule has 0 aromatic heterocycles. The molecule has 0 saturated carbocycles. The van der Waals surface area contributed by atoms with Crippen molar-refractivity contribution < 1.29 is 28.2 Å². The van der Waals surface area contributed by atoms with Crippen molar-refractivity contribution >= 4 is 63.2 Å². The number of carbonyl (C=O) groups is 3. The van der Waals surface area contributed by atoms with E-state index in [-0.39, 0.29) is 10.6 Å². The number of halogens is 2. The highest BCUT2D eigenvalue weighted by atomic mass is 127. The number of hydrogen-bond acceptors (Lipinski definition) is 6. The average molecular weight is 618 g/mol. The lowest BCUT2D eigenvalue weighted by Gasteiger charge is -2.14. The monoisotopic (exact) mass is 618 g/mol. The van der Waals surface area contributed by atoms with Gasteiger partial charge in [-0.15, -0.1) is 0 Å². The van der Waals surface area contributed by atoms with Crippen LogP contribution in [0.4, 0.5) is 14.9 Å². The van der Waals surface area contributed by atoms with Crippen LogP contribution >= 0.6 is 34.4 Å². The Morgan fingerprint density at radius 1 is 1.11 bits per heavy atom. The molecule has 1 heterocycles. The van der Waals surface area contributed by atoms with E-state index in [0.717, 1.165) is 31.9 Å². The number of carbonyl (C=O) groups excluding carboxylic acids is 3. The molecule has 1 N–H and O–H groups in total. The van der Waals surface area contributed by atoms with E-state index in [2.05, 4.69) is 27.9 Å². The molecule has 3 aromatic carbocycles. The molecule has 3 amide bonds. The number of methoxy groups -OCH3 is 1. The number of anilines is 1. The number of imide groups is 1. The Morgan fingerprint density at radius 3 is 2.61 bits per heavy atom. The first kappa shape index (κ1) is 25.7. The number of nitrogens with zero attached hydrogens (tertiary/aromatic N) is 1. The minimum atomic E-state index is -0.611. The van der Waals surface area contributed by atoms with E-state index >= 15 is 0 Å². The zero-order valence-electron chi connectivity index (χ0n) is 19.0. The van der Waals surface area contributed by atoms with Crippen molar-refractivity contribution in [3.8, 4) is 11.5 Å². The number of ether oxygens (including phenoxy) is 2. The van der Waals surface area contributed by atoms with Gasteiger partial charge in [-0.1, -0.05) is 36.4 Å². The van der Waals surface area contributed by atoms with E-state index in [4.69, 9.17) is 9.47 Å². The molecule has 0 atom stereocenters. The summed E-state index contributed by atoms with van der Waals surface area (Å²) in [6.45, 7) is -0.116. The molecule has 1 saturated heterocycles. The topological polar surface area (TPSA) is 84.9 Å². The summed E-state index contributed by atoms with van der Waals surface area (Å²) in [7, 11) is 1.52. The number of thioether (sulfide) groups is 1. The standard InChI is InChI=1S/C26H20FIN2O5S/c1-34-21-11-17(10-20(28)24(21)35-15-16-6-3-2-4-7-16)12-22-25(32)30(26(33)36-22)14-23(31)29-19-9-5-8-18(27)13-19/h2-13H,14-15H2,1H3,(H,29,31)/b22-12+. The first-order chi connectivity index (χ1) is 17.3. The summed E-state index contributed by atoms with van der Waals surface area (Å²) in [4.78, 5) is 38.6. The molecule has 0 aliphatic carbocycles. The molecule has 1 aliphatic rings. The molecule has 1 fully saturated rings. The molecule has 36 heavy (non-hydrogen) atoms. The summed E-state index contributed by atoms with van der Waals surface area (Å²) in [5.41, 5.74) is 1.88. The van der Waals surface area contributed by atoms with Crippen LogP contribution in [0.3, 0.4) is 0 Å². The molecule has 0 spiro atoms. The smallest absolute Gasteiger partial charge is 0.294 e. The second-order valence-corrected chi connectivity index (χ2v) is 9.79. The van der Waals surface area contributed by atoms with Crippen molar-refractivity contribution in [2.75, 3.05) is 19.0 Å². The van der Waals surface area contributed by atoms with Gasteiger partial charge in [-0.25, -0.2) is 4.39 Å². The van der Waals surface area contributed by atoms with Crippen LogP contribution in [-0.2, 0) is 16.2 Å². The number of rotatable bonds is 8. The number of amides is 3. The van der Waals surface area contributed by atoms with Crippen molar-refractivity contribution in [3.63, 3.8) is 0 Å². The van der Waals surface area contributed by atoms with E-state index in [9.17, 15) is 18.8 Å². The van der Waals surface area contributed by atoms with Gasteiger partial charge in [0.15, 0.2) is 11.5 Å². The maximum atomic E-state index is 13.3. The SMILES string of the molecule is COc1cc(/C=C2/SC(=O)N(CC(=O)Nc3cccc(F)c3)C2=O)cc(I)c1OCc1ccccc1. The largest absolute Gasteiger partial charge is 0.493 e. The highest BCUT2D eigenvalue weighted by molar-refractivity contribution is 14.1. The molecular formula is C26H20FIN2O5S. The molecule has 7 nitrogen and oxygen atoms in total. The lowest BCUT2D eigenvalue weighted by Crippen LogP contribution is -2.36. The van der Waals surface area contributed by atoms with Crippen LogP contribution in [0.15, 0.2) is 71.6 Å². The summed E-state index contributed by atoms with van der Waals surface area (Å²) in [5, 5.41) is 1.92. The van der Waals surface area contributed by atoms with Crippen LogP contribution in [-0.4, -0.2) is 35.6 Å². The molecule has 0 radical (unpaired) electrons. The predicted octanol–water partition coefficient (Wildman–Crippen LogP) is 5.69. The van der Waals surface area contributed by atoms with Crippen LogP contribution in [0, 0.1) is 9.39 Å². The van der Waals surface area contributed by atoms with E-state index in [1.807, 2.05) is 36.4 Å². The molecule has 10 heteroatoms. The molecule has 4 rings (SSSR count). The van der Waals surface area contributed by atoms with Gasteiger partial charge < -0.3 is 14.8 Å². The fraction of sp³-hybridized carbons (Fsp3) is 0.115. The van der Waals surface area contributed by atoms with Crippen molar-refractivity contribution in [2.24, 2.45) is 0 Å². The van der Waals surface area contributed by atoms with Crippen LogP contribution in [0.1, 0.15) is 11.1 Å². The van der Waals surface area contributed by atoms with Gasteiger partial charge in [0, 0.05) is 5.69 Å². The Hall–Kier alpha value is -3.38. The minimum Gasteiger partial charge on any atom is -0.493 e. The summed E-state index contributed by atoms with van der Waals surface area (Å²) in [5.74, 6) is -0.652. The Morgan fingerprint density at radius 2 is 1.89 bits per heavy atom. The molecular weight excluding hydrogens is 598 g/mol. The number of benzene rings is 3. The van der Waals surface area contributed by atoms with Crippen molar-refractivity contribution in [1.82, 2.24) is 4.90 Å². The highest BCUT2D eigenvalue weighted by Crippen LogP contribution is 2.37. The maximum Gasteiger partial charge on any atom is 0.294 e. The summed E-state index contributed by atoms with van der Waals surface area (Å²) >= 11 is 2.87. The van der Waals surface area contributed by atoms with Gasteiger partial charge in [0.1, 0.15) is 19.0 Å². The zero-order chi connectivity index (χ0) is 25.7. The number of nitrogens with one attached hydrogen (secondary N) is 1. The quantitative estimate of drug-likeness (QED) is 0.258. The molecule has 0 unspecified atom stereocenters. The van der Waals surface area contributed by atoms with Crippen molar-refractivity contribution in [3.05, 3.63) is 92.1 Å². The van der Waals surface area contributed by atoms with E-state index in [1.165, 1.54) is 25.3 Å². The van der Waals surface area contributed by atoms with Crippen LogP contribution < -0.4 is 14.8 Å². The third kappa shape index (κ3) is 6.24. The summed E-state index contributed by atoms with van der Waals surface area (Å²) < 4.78 is 25.6. The minimum absolute atomic E-state index is 0.175. The lowest BCUT2D eigenvalue weighted by atomic mass is 10.1. The Balaban J connectivity index is 1.47. The van der Waals surface area contributed by atoms with Gasteiger partial charge in [-0.05, 0) is 81.9 Å². The van der Waals surface area contributed by atoms with Gasteiger partial charge in [-0.2, -0.15) is 0 Å². The normalized spacial score (nSPS) is 14.3.